The van der Waals surface area contributed by atoms with Gasteiger partial charge in [-0.2, -0.15) is 0 Å². The minimum atomic E-state index is -0.562. The molecule has 100 valence electrons. The second kappa shape index (κ2) is 6.39. The highest BCUT2D eigenvalue weighted by atomic mass is 79.9. The zero-order chi connectivity index (χ0) is 13.8. The van der Waals surface area contributed by atoms with Crippen molar-refractivity contribution in [2.24, 2.45) is 0 Å². The highest BCUT2D eigenvalue weighted by Crippen LogP contribution is 2.24. The lowest BCUT2D eigenvalue weighted by Crippen LogP contribution is -2.05. The van der Waals surface area contributed by atoms with E-state index < -0.39 is 11.6 Å². The second-order valence-electron chi connectivity index (χ2n) is 3.91. The summed E-state index contributed by atoms with van der Waals surface area (Å²) in [5.41, 5.74) is 0.870. The quantitative estimate of drug-likeness (QED) is 0.615. The van der Waals surface area contributed by atoms with Crippen LogP contribution in [0.15, 0.2) is 45.8 Å². The van der Waals surface area contributed by atoms with Crippen molar-refractivity contribution in [3.05, 3.63) is 58.1 Å². The first kappa shape index (κ1) is 14.3. The number of hydrogen-bond donors (Lipinski definition) is 1. The van der Waals surface area contributed by atoms with Gasteiger partial charge < -0.3 is 5.32 Å². The third-order valence-corrected chi connectivity index (χ3v) is 4.02. The number of rotatable bonds is 4. The van der Waals surface area contributed by atoms with Crippen molar-refractivity contribution in [1.29, 1.82) is 0 Å². The molecule has 0 spiro atoms. The monoisotopic (exact) mass is 343 g/mol. The van der Waals surface area contributed by atoms with Crippen LogP contribution in [0.4, 0.5) is 14.5 Å². The summed E-state index contributed by atoms with van der Waals surface area (Å²) in [6.07, 6.45) is 1.98. The minimum Gasteiger partial charge on any atom is -0.381 e. The molecular formula is C14H12BrF2NS. The molecule has 0 aliphatic carbocycles. The number of benzene rings is 2. The number of thioether (sulfide) groups is 1. The predicted molar refractivity (Wildman–Crippen MR) is 79.6 cm³/mol. The van der Waals surface area contributed by atoms with E-state index in [0.29, 0.717) is 0 Å². The SMILES string of the molecule is CSc1cccc(NCc2c(F)ccc(Br)c2F)c1. The Bertz CT molecular complexity index is 590. The summed E-state index contributed by atoms with van der Waals surface area (Å²) < 4.78 is 27.6. The van der Waals surface area contributed by atoms with Gasteiger partial charge >= 0.3 is 0 Å². The van der Waals surface area contributed by atoms with Crippen LogP contribution in [0.25, 0.3) is 0 Å². The lowest BCUT2D eigenvalue weighted by Gasteiger charge is -2.10. The van der Waals surface area contributed by atoms with Crippen LogP contribution in [0, 0.1) is 11.6 Å². The van der Waals surface area contributed by atoms with Crippen LogP contribution in [0.3, 0.4) is 0 Å². The van der Waals surface area contributed by atoms with Crippen LogP contribution < -0.4 is 5.32 Å². The normalized spacial score (nSPS) is 10.5. The van der Waals surface area contributed by atoms with E-state index in [9.17, 15) is 8.78 Å². The van der Waals surface area contributed by atoms with E-state index in [1.807, 2.05) is 30.5 Å². The van der Waals surface area contributed by atoms with E-state index >= 15 is 0 Å². The van der Waals surface area contributed by atoms with Crippen LogP contribution in [-0.2, 0) is 6.54 Å². The molecule has 0 bridgehead atoms. The Balaban J connectivity index is 2.16. The topological polar surface area (TPSA) is 12.0 Å². The molecule has 0 amide bonds. The fraction of sp³-hybridized carbons (Fsp3) is 0.143. The van der Waals surface area contributed by atoms with Crippen LogP contribution in [0.1, 0.15) is 5.56 Å². The number of anilines is 1. The third-order valence-electron chi connectivity index (χ3n) is 2.68. The van der Waals surface area contributed by atoms with Gasteiger partial charge in [0.25, 0.3) is 0 Å². The lowest BCUT2D eigenvalue weighted by atomic mass is 10.2. The van der Waals surface area contributed by atoms with Crippen molar-refractivity contribution < 1.29 is 8.78 Å². The Hall–Kier alpha value is -1.07. The zero-order valence-corrected chi connectivity index (χ0v) is 12.6. The van der Waals surface area contributed by atoms with Crippen molar-refractivity contribution in [2.45, 2.75) is 11.4 Å². The van der Waals surface area contributed by atoms with Crippen molar-refractivity contribution >= 4 is 33.4 Å². The summed E-state index contributed by atoms with van der Waals surface area (Å²) in [5.74, 6) is -1.11. The van der Waals surface area contributed by atoms with Gasteiger partial charge in [-0.15, -0.1) is 11.8 Å². The molecule has 0 saturated heterocycles. The van der Waals surface area contributed by atoms with Crippen LogP contribution >= 0.6 is 27.7 Å². The molecule has 19 heavy (non-hydrogen) atoms. The first-order valence-electron chi connectivity index (χ1n) is 5.62. The van der Waals surface area contributed by atoms with Gasteiger partial charge in [-0.25, -0.2) is 8.78 Å². The van der Waals surface area contributed by atoms with Gasteiger partial charge in [-0.1, -0.05) is 6.07 Å². The Kier molecular flexibility index (Phi) is 4.82. The van der Waals surface area contributed by atoms with Gasteiger partial charge in [0, 0.05) is 22.7 Å². The minimum absolute atomic E-state index is 0.0314. The van der Waals surface area contributed by atoms with E-state index in [2.05, 4.69) is 21.2 Å². The maximum absolute atomic E-state index is 13.8. The van der Waals surface area contributed by atoms with Crippen LogP contribution in [-0.4, -0.2) is 6.26 Å². The van der Waals surface area contributed by atoms with Gasteiger partial charge in [0.15, 0.2) is 0 Å². The summed E-state index contributed by atoms with van der Waals surface area (Å²) in [4.78, 5) is 1.10. The summed E-state index contributed by atoms with van der Waals surface area (Å²) in [5, 5.41) is 3.03. The molecule has 0 aliphatic rings. The summed E-state index contributed by atoms with van der Waals surface area (Å²) in [7, 11) is 0. The largest absolute Gasteiger partial charge is 0.381 e. The predicted octanol–water partition coefficient (Wildman–Crippen LogP) is 5.06. The van der Waals surface area contributed by atoms with Crippen LogP contribution in [0.2, 0.25) is 0 Å². The Labute approximate surface area is 123 Å². The highest BCUT2D eigenvalue weighted by molar-refractivity contribution is 9.10. The average molecular weight is 344 g/mol. The fourth-order valence-electron chi connectivity index (χ4n) is 1.65. The van der Waals surface area contributed by atoms with Gasteiger partial charge in [-0.05, 0) is 52.5 Å². The molecule has 0 aromatic heterocycles. The van der Waals surface area contributed by atoms with Crippen LogP contribution in [0.5, 0.6) is 0 Å². The molecule has 0 fully saturated rings. The molecular weight excluding hydrogens is 332 g/mol. The Morgan fingerprint density at radius 3 is 2.74 bits per heavy atom. The summed E-state index contributed by atoms with van der Waals surface area (Å²) >= 11 is 4.67. The van der Waals surface area contributed by atoms with Gasteiger partial charge in [-0.3, -0.25) is 0 Å². The molecule has 2 aromatic carbocycles. The molecule has 0 unspecified atom stereocenters. The molecule has 2 aromatic rings. The van der Waals surface area contributed by atoms with E-state index in [4.69, 9.17) is 0 Å². The van der Waals surface area contributed by atoms with E-state index in [-0.39, 0.29) is 16.6 Å². The number of hydrogen-bond acceptors (Lipinski definition) is 2. The Morgan fingerprint density at radius 2 is 2.00 bits per heavy atom. The first-order chi connectivity index (χ1) is 9.11. The van der Waals surface area contributed by atoms with Crippen molar-refractivity contribution in [1.82, 2.24) is 0 Å². The number of halogens is 3. The average Bonchev–Trinajstić information content (AvgIpc) is 2.43. The molecule has 2 rings (SSSR count). The lowest BCUT2D eigenvalue weighted by molar-refractivity contribution is 0.555. The van der Waals surface area contributed by atoms with E-state index in [0.717, 1.165) is 10.6 Å². The third kappa shape index (κ3) is 3.48. The summed E-state index contributed by atoms with van der Waals surface area (Å²) in [6, 6.07) is 10.3. The van der Waals surface area contributed by atoms with Crippen molar-refractivity contribution in [3.8, 4) is 0 Å². The van der Waals surface area contributed by atoms with Gasteiger partial charge in [0.2, 0.25) is 0 Å². The van der Waals surface area contributed by atoms with Crippen molar-refractivity contribution in [2.75, 3.05) is 11.6 Å². The fourth-order valence-corrected chi connectivity index (χ4v) is 2.49. The summed E-state index contributed by atoms with van der Waals surface area (Å²) in [6.45, 7) is 0.106. The molecule has 1 N–H and O–H groups in total. The highest BCUT2D eigenvalue weighted by Gasteiger charge is 2.11. The first-order valence-corrected chi connectivity index (χ1v) is 7.64. The molecule has 1 nitrogen and oxygen atoms in total. The molecule has 0 aliphatic heterocycles. The zero-order valence-electron chi connectivity index (χ0n) is 10.2. The van der Waals surface area contributed by atoms with E-state index in [1.165, 1.54) is 12.1 Å². The standard InChI is InChI=1S/C14H12BrF2NS/c1-19-10-4-2-3-9(7-10)18-8-11-13(16)6-5-12(15)14(11)17/h2-7,18H,8H2,1H3. The van der Waals surface area contributed by atoms with Gasteiger partial charge in [0.1, 0.15) is 11.6 Å². The molecule has 0 atom stereocenters. The Morgan fingerprint density at radius 1 is 1.21 bits per heavy atom. The van der Waals surface area contributed by atoms with Crippen molar-refractivity contribution in [3.63, 3.8) is 0 Å². The molecule has 5 heteroatoms. The smallest absolute Gasteiger partial charge is 0.145 e. The molecule has 0 heterocycles. The maximum Gasteiger partial charge on any atom is 0.145 e. The molecule has 0 saturated carbocycles. The molecule has 0 radical (unpaired) electrons. The number of nitrogens with one attached hydrogen (secondary N) is 1. The van der Waals surface area contributed by atoms with Gasteiger partial charge in [0.05, 0.1) is 4.47 Å². The maximum atomic E-state index is 13.8. The second-order valence-corrected chi connectivity index (χ2v) is 5.64. The van der Waals surface area contributed by atoms with E-state index in [1.54, 1.807) is 11.8 Å².